The van der Waals surface area contributed by atoms with Gasteiger partial charge in [-0.2, -0.15) is 5.10 Å². The van der Waals surface area contributed by atoms with Crippen molar-refractivity contribution in [3.63, 3.8) is 0 Å². The normalized spacial score (nSPS) is 10.6. The summed E-state index contributed by atoms with van der Waals surface area (Å²) in [6.45, 7) is 4.49. The van der Waals surface area contributed by atoms with Gasteiger partial charge in [-0.25, -0.2) is 4.39 Å². The van der Waals surface area contributed by atoms with Gasteiger partial charge in [0.2, 0.25) is 0 Å². The van der Waals surface area contributed by atoms with E-state index in [1.165, 1.54) is 6.07 Å². The van der Waals surface area contributed by atoms with Crippen LogP contribution in [-0.4, -0.2) is 9.78 Å². The third kappa shape index (κ3) is 2.46. The number of benzene rings is 1. The van der Waals surface area contributed by atoms with Crippen LogP contribution >= 0.6 is 0 Å². The van der Waals surface area contributed by atoms with Crippen molar-refractivity contribution in [1.82, 2.24) is 9.78 Å². The Bertz CT molecular complexity index is 531. The molecule has 1 heterocycles. The van der Waals surface area contributed by atoms with E-state index in [1.54, 1.807) is 19.1 Å². The molecule has 2 rings (SSSR count). The van der Waals surface area contributed by atoms with Gasteiger partial charge in [0.05, 0.1) is 6.20 Å². The molecule has 0 bridgehead atoms. The molecule has 0 amide bonds. The third-order valence-electron chi connectivity index (χ3n) is 2.98. The van der Waals surface area contributed by atoms with Gasteiger partial charge in [0.25, 0.3) is 0 Å². The maximum absolute atomic E-state index is 13.1. The second-order valence-electron chi connectivity index (χ2n) is 4.20. The summed E-state index contributed by atoms with van der Waals surface area (Å²) in [4.78, 5) is 0. The second-order valence-corrected chi connectivity index (χ2v) is 4.20. The highest BCUT2D eigenvalue weighted by Gasteiger charge is 2.04. The smallest absolute Gasteiger partial charge is 0.126 e. The predicted octanol–water partition coefficient (Wildman–Crippen LogP) is 2.79. The van der Waals surface area contributed by atoms with Crippen molar-refractivity contribution in [2.45, 2.75) is 20.4 Å². The number of hydrogen-bond acceptors (Lipinski definition) is 2. The first-order valence-electron chi connectivity index (χ1n) is 5.55. The van der Waals surface area contributed by atoms with Crippen molar-refractivity contribution in [2.24, 2.45) is 7.05 Å². The summed E-state index contributed by atoms with van der Waals surface area (Å²) in [6.07, 6.45) is 1.85. The Morgan fingerprint density at radius 3 is 2.71 bits per heavy atom. The standard InChI is InChI=1S/C13H16FN3/c1-9-6-12(4-5-13(9)14)15-7-11-8-16-17(3)10(11)2/h4-6,8,15H,7H2,1-3H3. The second kappa shape index (κ2) is 4.57. The van der Waals surface area contributed by atoms with Gasteiger partial charge in [-0.05, 0) is 37.6 Å². The van der Waals surface area contributed by atoms with Gasteiger partial charge in [-0.15, -0.1) is 0 Å². The predicted molar refractivity (Wildman–Crippen MR) is 66.4 cm³/mol. The highest BCUT2D eigenvalue weighted by Crippen LogP contribution is 2.15. The molecule has 0 atom stereocenters. The lowest BCUT2D eigenvalue weighted by Crippen LogP contribution is -2.02. The summed E-state index contributed by atoms with van der Waals surface area (Å²) in [7, 11) is 1.92. The third-order valence-corrected chi connectivity index (χ3v) is 2.98. The summed E-state index contributed by atoms with van der Waals surface area (Å²) in [5.41, 5.74) is 3.86. The zero-order valence-corrected chi connectivity index (χ0v) is 10.3. The minimum absolute atomic E-state index is 0.173. The van der Waals surface area contributed by atoms with Crippen LogP contribution in [0.25, 0.3) is 0 Å². The van der Waals surface area contributed by atoms with Gasteiger partial charge < -0.3 is 5.32 Å². The molecule has 1 N–H and O–H groups in total. The molecular formula is C13H16FN3. The molecule has 90 valence electrons. The number of hydrogen-bond donors (Lipinski definition) is 1. The number of anilines is 1. The van der Waals surface area contributed by atoms with E-state index in [-0.39, 0.29) is 5.82 Å². The van der Waals surface area contributed by atoms with Crippen molar-refractivity contribution in [3.05, 3.63) is 47.0 Å². The highest BCUT2D eigenvalue weighted by molar-refractivity contribution is 5.46. The van der Waals surface area contributed by atoms with Crippen LogP contribution in [0.1, 0.15) is 16.8 Å². The van der Waals surface area contributed by atoms with Crippen LogP contribution in [0.15, 0.2) is 24.4 Å². The van der Waals surface area contributed by atoms with Gasteiger partial charge in [-0.3, -0.25) is 4.68 Å². The summed E-state index contributed by atoms with van der Waals surface area (Å²) in [5, 5.41) is 7.44. The fourth-order valence-corrected chi connectivity index (χ4v) is 1.67. The van der Waals surface area contributed by atoms with E-state index < -0.39 is 0 Å². The number of halogens is 1. The molecule has 3 nitrogen and oxygen atoms in total. The summed E-state index contributed by atoms with van der Waals surface area (Å²) in [5.74, 6) is -0.173. The molecule has 0 unspecified atom stereocenters. The molecule has 0 aliphatic carbocycles. The number of nitrogens with one attached hydrogen (secondary N) is 1. The molecular weight excluding hydrogens is 217 g/mol. The van der Waals surface area contributed by atoms with Crippen molar-refractivity contribution < 1.29 is 4.39 Å². The summed E-state index contributed by atoms with van der Waals surface area (Å²) >= 11 is 0. The Kier molecular flexibility index (Phi) is 3.13. The number of nitrogens with zero attached hydrogens (tertiary/aromatic N) is 2. The largest absolute Gasteiger partial charge is 0.381 e. The van der Waals surface area contributed by atoms with E-state index in [9.17, 15) is 4.39 Å². The first-order valence-corrected chi connectivity index (χ1v) is 5.55. The molecule has 4 heteroatoms. The topological polar surface area (TPSA) is 29.9 Å². The molecule has 2 aromatic rings. The monoisotopic (exact) mass is 233 g/mol. The molecule has 0 aliphatic rings. The minimum Gasteiger partial charge on any atom is -0.381 e. The van der Waals surface area contributed by atoms with Crippen molar-refractivity contribution >= 4 is 5.69 Å². The molecule has 0 fully saturated rings. The van der Waals surface area contributed by atoms with Crippen molar-refractivity contribution in [1.29, 1.82) is 0 Å². The van der Waals surface area contributed by atoms with E-state index in [2.05, 4.69) is 10.4 Å². The average Bonchev–Trinajstić information content (AvgIpc) is 2.62. The molecule has 0 saturated heterocycles. The average molecular weight is 233 g/mol. The lowest BCUT2D eigenvalue weighted by Gasteiger charge is -2.07. The summed E-state index contributed by atoms with van der Waals surface area (Å²) < 4.78 is 14.9. The Morgan fingerprint density at radius 1 is 1.35 bits per heavy atom. The first kappa shape index (κ1) is 11.6. The SMILES string of the molecule is Cc1cc(NCc2cnn(C)c2C)ccc1F. The van der Waals surface area contributed by atoms with E-state index >= 15 is 0 Å². The van der Waals surface area contributed by atoms with Gasteiger partial charge in [0.1, 0.15) is 5.82 Å². The number of aryl methyl sites for hydroxylation is 2. The van der Waals surface area contributed by atoms with E-state index in [0.717, 1.165) is 16.9 Å². The maximum atomic E-state index is 13.1. The lowest BCUT2D eigenvalue weighted by molar-refractivity contribution is 0.618. The number of aromatic nitrogens is 2. The van der Waals surface area contributed by atoms with E-state index in [1.807, 2.05) is 24.9 Å². The fourth-order valence-electron chi connectivity index (χ4n) is 1.67. The lowest BCUT2D eigenvalue weighted by atomic mass is 10.2. The molecule has 1 aromatic heterocycles. The highest BCUT2D eigenvalue weighted by atomic mass is 19.1. The van der Waals surface area contributed by atoms with Gasteiger partial charge in [0, 0.05) is 30.5 Å². The quantitative estimate of drug-likeness (QED) is 0.883. The molecule has 0 radical (unpaired) electrons. The molecule has 1 aromatic carbocycles. The van der Waals surface area contributed by atoms with Crippen molar-refractivity contribution in [3.8, 4) is 0 Å². The zero-order chi connectivity index (χ0) is 12.4. The number of rotatable bonds is 3. The molecule has 0 saturated carbocycles. The van der Waals surface area contributed by atoms with Crippen LogP contribution in [0.4, 0.5) is 10.1 Å². The zero-order valence-electron chi connectivity index (χ0n) is 10.3. The van der Waals surface area contributed by atoms with Gasteiger partial charge >= 0.3 is 0 Å². The van der Waals surface area contributed by atoms with Gasteiger partial charge in [0.15, 0.2) is 0 Å². The van der Waals surface area contributed by atoms with Gasteiger partial charge in [-0.1, -0.05) is 0 Å². The fraction of sp³-hybridized carbons (Fsp3) is 0.308. The van der Waals surface area contributed by atoms with Crippen LogP contribution in [0.5, 0.6) is 0 Å². The van der Waals surface area contributed by atoms with Crippen molar-refractivity contribution in [2.75, 3.05) is 5.32 Å². The molecule has 0 aliphatic heterocycles. The van der Waals surface area contributed by atoms with Crippen LogP contribution in [-0.2, 0) is 13.6 Å². The maximum Gasteiger partial charge on any atom is 0.126 e. The Hall–Kier alpha value is -1.84. The Morgan fingerprint density at radius 2 is 2.12 bits per heavy atom. The van der Waals surface area contributed by atoms with E-state index in [4.69, 9.17) is 0 Å². The first-order chi connectivity index (χ1) is 8.08. The van der Waals surface area contributed by atoms with Crippen LogP contribution in [0, 0.1) is 19.7 Å². The Labute approximate surface area is 100 Å². The van der Waals surface area contributed by atoms with Crippen LogP contribution < -0.4 is 5.32 Å². The molecule has 17 heavy (non-hydrogen) atoms. The minimum atomic E-state index is -0.173. The summed E-state index contributed by atoms with van der Waals surface area (Å²) in [6, 6.07) is 5.03. The Balaban J connectivity index is 2.07. The molecule has 0 spiro atoms. The van der Waals surface area contributed by atoms with E-state index in [0.29, 0.717) is 12.1 Å². The van der Waals surface area contributed by atoms with Crippen LogP contribution in [0.2, 0.25) is 0 Å². The van der Waals surface area contributed by atoms with Crippen LogP contribution in [0.3, 0.4) is 0 Å².